The summed E-state index contributed by atoms with van der Waals surface area (Å²) in [6, 6.07) is 5.67. The van der Waals surface area contributed by atoms with Crippen molar-refractivity contribution in [2.75, 3.05) is 25.5 Å². The number of carbonyl (C=O) groups excluding carboxylic acids is 1. The molecular formula is C23H25F3N6O2Se. The summed E-state index contributed by atoms with van der Waals surface area (Å²) in [6.07, 6.45) is -1.10. The average molecular weight is 553 g/mol. The van der Waals surface area contributed by atoms with E-state index in [4.69, 9.17) is 10.5 Å². The molecule has 0 radical (unpaired) electrons. The second kappa shape index (κ2) is 10.3. The van der Waals surface area contributed by atoms with Gasteiger partial charge in [-0.2, -0.15) is 13.2 Å². The molecule has 1 fully saturated rings. The van der Waals surface area contributed by atoms with Crippen LogP contribution in [-0.2, 0) is 11.0 Å². The van der Waals surface area contributed by atoms with Crippen LogP contribution in [0.15, 0.2) is 36.8 Å². The zero-order valence-corrected chi connectivity index (χ0v) is 20.9. The van der Waals surface area contributed by atoms with Gasteiger partial charge in [0, 0.05) is 6.20 Å². The Labute approximate surface area is 206 Å². The minimum absolute atomic E-state index is 0.0282. The zero-order chi connectivity index (χ0) is 25.2. The molecule has 35 heavy (non-hydrogen) atoms. The van der Waals surface area contributed by atoms with Gasteiger partial charge in [-0.15, -0.1) is 0 Å². The molecule has 1 aromatic carbocycles. The molecule has 3 aromatic rings. The van der Waals surface area contributed by atoms with Gasteiger partial charge in [0.05, 0.1) is 7.11 Å². The third-order valence-corrected chi connectivity index (χ3v) is 7.28. The third-order valence-electron chi connectivity index (χ3n) is 5.82. The van der Waals surface area contributed by atoms with Gasteiger partial charge in [0.1, 0.15) is 5.56 Å². The summed E-state index contributed by atoms with van der Waals surface area (Å²) in [5.74, 6) is 2.08. The fraction of sp³-hybridized carbons (Fsp3) is 0.391. The van der Waals surface area contributed by atoms with E-state index in [0.717, 1.165) is 19.6 Å². The Hall–Kier alpha value is -2.95. The normalized spacial score (nSPS) is 17.0. The molecule has 0 spiro atoms. The number of rotatable bonds is 7. The Morgan fingerprint density at radius 1 is 1.29 bits per heavy atom. The van der Waals surface area contributed by atoms with Gasteiger partial charge < -0.3 is 4.74 Å². The summed E-state index contributed by atoms with van der Waals surface area (Å²) < 4.78 is 45.2. The van der Waals surface area contributed by atoms with Crippen molar-refractivity contribution in [2.45, 2.75) is 35.8 Å². The number of hydrogen-bond donors (Lipinski definition) is 2. The fourth-order valence-electron chi connectivity index (χ4n) is 4.08. The van der Waals surface area contributed by atoms with Gasteiger partial charge in [-0.25, -0.2) is 4.98 Å². The maximum Gasteiger partial charge on any atom is 0.421 e. The Morgan fingerprint density at radius 3 is 2.80 bits per heavy atom. The smallest absolute Gasteiger partial charge is 0.166 e. The van der Waals surface area contributed by atoms with Gasteiger partial charge >= 0.3 is 153 Å². The van der Waals surface area contributed by atoms with Crippen LogP contribution in [0.4, 0.5) is 19.0 Å². The van der Waals surface area contributed by atoms with Crippen LogP contribution < -0.4 is 15.8 Å². The summed E-state index contributed by atoms with van der Waals surface area (Å²) in [6.45, 7) is 1.11. The van der Waals surface area contributed by atoms with Crippen molar-refractivity contribution < 1.29 is 22.7 Å². The fourth-order valence-corrected chi connectivity index (χ4v) is 5.14. The van der Waals surface area contributed by atoms with Crippen molar-refractivity contribution in [3.05, 3.63) is 42.4 Å². The summed E-state index contributed by atoms with van der Waals surface area (Å²) in [7, 11) is 1.15. The number of likely N-dealkylation sites (tertiary alicyclic amines) is 1. The Kier molecular flexibility index (Phi) is 7.44. The van der Waals surface area contributed by atoms with Crippen molar-refractivity contribution >= 4 is 37.6 Å². The Balaban J connectivity index is 1.60. The van der Waals surface area contributed by atoms with Gasteiger partial charge in [0.15, 0.2) is 0 Å². The number of nitrogens with one attached hydrogen (secondary N) is 1. The Morgan fingerprint density at radius 2 is 2.09 bits per heavy atom. The van der Waals surface area contributed by atoms with E-state index in [-0.39, 0.29) is 11.9 Å². The number of fused-ring (bicyclic) bond motifs is 1. The predicted molar refractivity (Wildman–Crippen MR) is 127 cm³/mol. The molecule has 0 saturated carbocycles. The maximum absolute atomic E-state index is 13.5. The van der Waals surface area contributed by atoms with Crippen molar-refractivity contribution in [3.63, 3.8) is 0 Å². The monoisotopic (exact) mass is 554 g/mol. The van der Waals surface area contributed by atoms with E-state index in [9.17, 15) is 18.0 Å². The first-order valence-corrected chi connectivity index (χ1v) is 13.8. The predicted octanol–water partition coefficient (Wildman–Crippen LogP) is 3.23. The second-order valence-corrected chi connectivity index (χ2v) is 10.1. The van der Waals surface area contributed by atoms with Gasteiger partial charge in [-0.05, 0) is 6.07 Å². The molecule has 8 nitrogen and oxygen atoms in total. The van der Waals surface area contributed by atoms with Gasteiger partial charge in [-0.3, -0.25) is 0 Å². The molecule has 1 aliphatic rings. The van der Waals surface area contributed by atoms with Crippen LogP contribution in [0.3, 0.4) is 0 Å². The van der Waals surface area contributed by atoms with Crippen LogP contribution in [0.25, 0.3) is 22.0 Å². The number of alkyl halides is 3. The number of halogens is 3. The van der Waals surface area contributed by atoms with Crippen molar-refractivity contribution in [3.8, 4) is 17.0 Å². The van der Waals surface area contributed by atoms with Gasteiger partial charge in [0.2, 0.25) is 5.88 Å². The number of hydrogen-bond acceptors (Lipinski definition) is 7. The van der Waals surface area contributed by atoms with E-state index in [1.165, 1.54) is 12.5 Å². The van der Waals surface area contributed by atoms with E-state index in [1.54, 1.807) is 23.1 Å². The molecule has 4 rings (SSSR count). The van der Waals surface area contributed by atoms with E-state index >= 15 is 0 Å². The zero-order valence-electron chi connectivity index (χ0n) is 19.2. The maximum atomic E-state index is 13.5. The van der Waals surface area contributed by atoms with E-state index in [1.807, 2.05) is 0 Å². The summed E-state index contributed by atoms with van der Waals surface area (Å²) in [5.41, 5.74) is 6.53. The number of methoxy groups -OCH3 is 1. The molecule has 186 valence electrons. The first-order valence-electron chi connectivity index (χ1n) is 10.9. The second-order valence-electron chi connectivity index (χ2n) is 8.21. The van der Waals surface area contributed by atoms with E-state index in [0.29, 0.717) is 61.2 Å². The molecule has 1 amide bonds. The van der Waals surface area contributed by atoms with Gasteiger partial charge in [-0.1, -0.05) is 0 Å². The van der Waals surface area contributed by atoms with Crippen LogP contribution in [0.1, 0.15) is 12.0 Å². The number of nitrogens with zero attached hydrogens (tertiary/aromatic N) is 4. The molecule has 3 N–H and O–H groups in total. The Bertz CT molecular complexity index is 1230. The number of amides is 1. The van der Waals surface area contributed by atoms with Crippen LogP contribution in [0.2, 0.25) is 11.1 Å². The first kappa shape index (κ1) is 25.2. The topological polar surface area (TPSA) is 106 Å². The average Bonchev–Trinajstić information content (AvgIpc) is 3.31. The number of ether oxygens (including phenoxy) is 1. The summed E-state index contributed by atoms with van der Waals surface area (Å²) in [4.78, 5) is 26.8. The molecule has 3 heterocycles. The van der Waals surface area contributed by atoms with Crippen LogP contribution in [0.5, 0.6) is 5.88 Å². The minimum Gasteiger partial charge on any atom is -0.166 e. The molecule has 2 aromatic heterocycles. The van der Waals surface area contributed by atoms with Crippen LogP contribution >= 0.6 is 0 Å². The number of pyridine rings is 1. The molecule has 1 saturated heterocycles. The van der Waals surface area contributed by atoms with E-state index in [2.05, 4.69) is 26.1 Å². The van der Waals surface area contributed by atoms with E-state index < -0.39 is 23.7 Å². The number of aromatic nitrogens is 3. The van der Waals surface area contributed by atoms with Crippen molar-refractivity contribution in [2.24, 2.45) is 5.73 Å². The molecule has 12 heteroatoms. The molecule has 0 aliphatic carbocycles. The van der Waals surface area contributed by atoms with Crippen molar-refractivity contribution in [1.82, 2.24) is 19.9 Å². The van der Waals surface area contributed by atoms with Crippen molar-refractivity contribution in [1.29, 1.82) is 0 Å². The minimum atomic E-state index is -4.60. The van der Waals surface area contributed by atoms with Gasteiger partial charge in [0.25, 0.3) is 0 Å². The van der Waals surface area contributed by atoms with Crippen LogP contribution in [0, 0.1) is 0 Å². The SMILES string of the molecule is COc1ncc(-c2ccc3ncnc(N[C@H]4CCN(C(=O)C(N)C[Se]C)C4)c3c2)cc1C(F)(F)F. The molecular weight excluding hydrogens is 528 g/mol. The molecule has 1 aliphatic heterocycles. The third kappa shape index (κ3) is 5.50. The summed E-state index contributed by atoms with van der Waals surface area (Å²) in [5, 5.41) is 4.74. The number of benzene rings is 1. The largest absolute Gasteiger partial charge is 0.421 e. The first-order chi connectivity index (χ1) is 16.7. The van der Waals surface area contributed by atoms with Crippen LogP contribution in [-0.4, -0.2) is 73.0 Å². The molecule has 0 bridgehead atoms. The number of carbonyl (C=O) groups is 1. The molecule has 1 unspecified atom stereocenters. The number of anilines is 1. The molecule has 2 atom stereocenters. The quantitative estimate of drug-likeness (QED) is 0.433. The number of nitrogens with two attached hydrogens (primary N) is 1. The standard InChI is InChI=1S/C23H25F3N6O2Se/c1-34-21-17(23(24,25)26)8-14(9-28-21)13-3-4-19-16(7-13)20(30-12-29-19)31-15-5-6-32(10-15)22(33)18(27)11-35-2/h3-4,7-9,12,15,18H,5-6,10-11,27H2,1-2H3,(H,29,30,31)/t15-,18?/m0/s1. The summed E-state index contributed by atoms with van der Waals surface area (Å²) >= 11 is 0.324.